The maximum Gasteiger partial charge on any atom is 0.194 e. The Balaban J connectivity index is -0.0000000258. The Morgan fingerprint density at radius 1 is 1.89 bits per heavy atom. The van der Waals surface area contributed by atoms with Gasteiger partial charge in [-0.15, -0.1) is 0 Å². The van der Waals surface area contributed by atoms with E-state index >= 15 is 0 Å². The van der Waals surface area contributed by atoms with Gasteiger partial charge >= 0.3 is 0 Å². The molecule has 66 valence electrons. The van der Waals surface area contributed by atoms with Crippen molar-refractivity contribution in [3.8, 4) is 0 Å². The summed E-state index contributed by atoms with van der Waals surface area (Å²) < 4.78 is 36.2. The topological polar surface area (TPSA) is 69.2 Å². The third-order valence-electron chi connectivity index (χ3n) is 0. The van der Waals surface area contributed by atoms with E-state index in [1.54, 1.807) is 0 Å². The van der Waals surface area contributed by atoms with Gasteiger partial charge in [-0.2, -0.15) is 0 Å². The summed E-state index contributed by atoms with van der Waals surface area (Å²) in [6.45, 7) is -5.28. The molecule has 0 aliphatic carbocycles. The molecule has 0 rings (SSSR count). The van der Waals surface area contributed by atoms with Crippen molar-refractivity contribution in [2.75, 3.05) is 14.0 Å². The summed E-state index contributed by atoms with van der Waals surface area (Å²) in [7, 11) is 0. The van der Waals surface area contributed by atoms with Gasteiger partial charge in [-0.25, -0.2) is 0 Å². The van der Waals surface area contributed by atoms with E-state index in [4.69, 9.17) is 8.22 Å². The van der Waals surface area contributed by atoms with Crippen LogP contribution < -0.4 is 5.73 Å². The average molecular weight is 238 g/mol. The molecule has 4 nitrogen and oxygen atoms in total. The predicted molar refractivity (Wildman–Crippen MR) is 38.3 cm³/mol. The zero-order valence-corrected chi connectivity index (χ0v) is 5.71. The molecule has 0 aromatic rings. The van der Waals surface area contributed by atoms with Crippen LogP contribution in [0.4, 0.5) is 0 Å². The molecule has 0 aliphatic heterocycles. The largest absolute Gasteiger partial charge is 0.358 e. The second kappa shape index (κ2) is 43.3. The van der Waals surface area contributed by atoms with E-state index in [0.717, 1.165) is 0 Å². The Kier molecular flexibility index (Phi) is 27.8. The van der Waals surface area contributed by atoms with Crippen LogP contribution in [0, 0.1) is 17.5 Å². The van der Waals surface area contributed by atoms with Gasteiger partial charge in [0.25, 0.3) is 0 Å². The number of hydrogen-bond donors (Lipinski definition) is 1. The minimum absolute atomic E-state index is 0. The summed E-state index contributed by atoms with van der Waals surface area (Å²) in [6.07, 6.45) is 0. The zero-order valence-electron chi connectivity index (χ0n) is 10.2. The molecular weight excluding hydrogens is 214 g/mol. The minimum Gasteiger partial charge on any atom is -0.358 e. The third-order valence-corrected chi connectivity index (χ3v) is 0. The van der Waals surface area contributed by atoms with Gasteiger partial charge in [0.1, 0.15) is 4.11 Å². The molecule has 0 aromatic heterocycles. The Hall–Kier alpha value is 0.0223. The normalized spacial score (nSPS) is 16.1. The molecule has 9 heavy (non-hydrogen) atoms. The summed E-state index contributed by atoms with van der Waals surface area (Å²) in [5.41, 5.74) is 4.35. The van der Waals surface area contributed by atoms with Crippen molar-refractivity contribution >= 4 is 0 Å². The fourth-order valence-electron chi connectivity index (χ4n) is 0. The van der Waals surface area contributed by atoms with Crippen LogP contribution in [0.15, 0.2) is 0 Å². The third kappa shape index (κ3) is 583000. The summed E-state index contributed by atoms with van der Waals surface area (Å²) >= 11 is 0. The van der Waals surface area contributed by atoms with E-state index in [0.29, 0.717) is 0 Å². The first-order valence-corrected chi connectivity index (χ1v) is 0.877. The standard InChI is InChI=1S/CH3NO2.CH5N.CH4.CH3.Pd.H2/c1-2(3)4;1-2;;;;/h1H3;2H2,1H3;1H4;1H3;;1H/q;;;-1;;/i2*1D3;;;;. The maximum atomic E-state index is 9.26. The number of hydrogen-bond acceptors (Lipinski definition) is 3. The molecule has 0 bridgehead atoms. The van der Waals surface area contributed by atoms with Crippen molar-refractivity contribution in [1.82, 2.24) is 0 Å². The van der Waals surface area contributed by atoms with Crippen molar-refractivity contribution < 1.29 is 35.0 Å². The van der Waals surface area contributed by atoms with Crippen LogP contribution in [0.3, 0.4) is 0 Å². The molecule has 0 saturated carbocycles. The molecule has 2 N–H and O–H groups in total. The van der Waals surface area contributed by atoms with Crippen LogP contribution in [0.1, 0.15) is 17.1 Å². The van der Waals surface area contributed by atoms with Crippen LogP contribution in [0.2, 0.25) is 0 Å². The first-order valence-electron chi connectivity index (χ1n) is 3.88. The van der Waals surface area contributed by atoms with Crippen LogP contribution in [0.5, 0.6) is 0 Å². The zero-order chi connectivity index (χ0) is 10.6. The van der Waals surface area contributed by atoms with E-state index in [1.807, 2.05) is 0 Å². The molecule has 0 unspecified atom stereocenters. The Labute approximate surface area is 80.5 Å². The minimum atomic E-state index is -3.03. The van der Waals surface area contributed by atoms with Gasteiger partial charge in [-0.1, -0.05) is 7.43 Å². The molecular formula is C4H17N2O2Pd-. The van der Waals surface area contributed by atoms with E-state index in [2.05, 4.69) is 5.73 Å². The second-order valence-electron chi connectivity index (χ2n) is 0.257. The smallest absolute Gasteiger partial charge is 0.194 e. The van der Waals surface area contributed by atoms with Gasteiger partial charge in [0.15, 0.2) is 6.98 Å². The molecule has 0 fully saturated rings. The van der Waals surface area contributed by atoms with Gasteiger partial charge in [0, 0.05) is 30.9 Å². The van der Waals surface area contributed by atoms with Gasteiger partial charge in [-0.3, -0.25) is 10.1 Å². The molecule has 0 amide bonds. The summed E-state index contributed by atoms with van der Waals surface area (Å²) in [5.74, 6) is 0. The number of nitro groups is 1. The monoisotopic (exact) mass is 237 g/mol. The Morgan fingerprint density at radius 3 is 2.00 bits per heavy atom. The van der Waals surface area contributed by atoms with Gasteiger partial charge in [0.05, 0.1) is 0 Å². The Bertz CT molecular complexity index is 153. The summed E-state index contributed by atoms with van der Waals surface area (Å²) in [4.78, 5) is 7.95. The number of nitrogens with zero attached hydrogens (tertiary/aromatic N) is 1. The Morgan fingerprint density at radius 2 is 2.00 bits per heavy atom. The first kappa shape index (κ1) is 5.78. The van der Waals surface area contributed by atoms with E-state index < -0.39 is 18.9 Å². The number of rotatable bonds is 0. The fraction of sp³-hybridized carbons (Fsp3) is 0.750. The average Bonchev–Trinajstić information content (AvgIpc) is 1.55. The maximum absolute atomic E-state index is 9.26. The summed E-state index contributed by atoms with van der Waals surface area (Å²) in [6, 6.07) is 0. The molecule has 5 heteroatoms. The molecule has 0 aliphatic rings. The van der Waals surface area contributed by atoms with Crippen molar-refractivity contribution in [3.63, 3.8) is 0 Å². The van der Waals surface area contributed by atoms with E-state index in [9.17, 15) is 10.1 Å². The van der Waals surface area contributed by atoms with Crippen LogP contribution in [0.25, 0.3) is 0 Å². The second-order valence-corrected chi connectivity index (χ2v) is 0.257. The van der Waals surface area contributed by atoms with Crippen LogP contribution in [-0.4, -0.2) is 18.9 Å². The fourth-order valence-corrected chi connectivity index (χ4v) is 0. The molecule has 0 spiro atoms. The van der Waals surface area contributed by atoms with Crippen molar-refractivity contribution in [2.24, 2.45) is 5.73 Å². The van der Waals surface area contributed by atoms with E-state index in [-0.39, 0.29) is 36.7 Å². The molecule has 0 saturated heterocycles. The van der Waals surface area contributed by atoms with Crippen LogP contribution in [-0.2, 0) is 20.4 Å². The van der Waals surface area contributed by atoms with Crippen molar-refractivity contribution in [2.45, 2.75) is 7.43 Å². The number of nitrogens with two attached hydrogens (primary N) is 1. The van der Waals surface area contributed by atoms with Crippen molar-refractivity contribution in [3.05, 3.63) is 17.5 Å². The molecule has 0 radical (unpaired) electrons. The molecule has 0 heterocycles. The molecule has 0 atom stereocenters. The van der Waals surface area contributed by atoms with Crippen molar-refractivity contribution in [1.29, 1.82) is 0 Å². The summed E-state index contributed by atoms with van der Waals surface area (Å²) in [5, 5.41) is 9.26. The SMILES string of the molecule is C.[2H]C([2H])([2H])N.[2H]C([2H])([2H])[N+](=O)[O-].[CH3-].[HH].[Pd]. The van der Waals surface area contributed by atoms with Gasteiger partial charge in [-0.05, 0) is 6.98 Å². The first-order chi connectivity index (χ1) is 4.94. The predicted octanol–water partition coefficient (Wildman–Crippen LogP) is 0.798. The van der Waals surface area contributed by atoms with E-state index in [1.165, 1.54) is 0 Å². The van der Waals surface area contributed by atoms with Gasteiger partial charge < -0.3 is 13.2 Å². The quantitative estimate of drug-likeness (QED) is 0.293. The van der Waals surface area contributed by atoms with Gasteiger partial charge in [0.2, 0.25) is 0 Å². The van der Waals surface area contributed by atoms with Crippen LogP contribution >= 0.6 is 0 Å². The molecule has 0 aromatic carbocycles.